The smallest absolute Gasteiger partial charge is 0.224 e. The number of aromatic amines is 1. The molecular weight excluding hydrogens is 310 g/mol. The van der Waals surface area contributed by atoms with Gasteiger partial charge < -0.3 is 10.3 Å². The number of aromatic nitrogens is 2. The molecule has 0 bridgehead atoms. The van der Waals surface area contributed by atoms with Gasteiger partial charge in [0.25, 0.3) is 0 Å². The van der Waals surface area contributed by atoms with Crippen LogP contribution in [-0.2, 0) is 17.6 Å². The summed E-state index contributed by atoms with van der Waals surface area (Å²) in [5.41, 5.74) is 5.28. The van der Waals surface area contributed by atoms with Gasteiger partial charge in [0.2, 0.25) is 5.91 Å². The summed E-state index contributed by atoms with van der Waals surface area (Å²) in [7, 11) is 0. The van der Waals surface area contributed by atoms with E-state index in [1.54, 1.807) is 0 Å². The van der Waals surface area contributed by atoms with Crippen molar-refractivity contribution in [3.8, 4) is 0 Å². The number of rotatable bonds is 6. The van der Waals surface area contributed by atoms with E-state index in [9.17, 15) is 4.79 Å². The lowest BCUT2D eigenvalue weighted by molar-refractivity contribution is -0.116. The molecule has 3 aromatic rings. The fraction of sp³-hybridized carbons (Fsp3) is 0.333. The SMILES string of the molecule is CCc1ccc(NC(=O)CCc2ccc3nc(C(C)C)[nH]c3c2)cc1. The largest absolute Gasteiger partial charge is 0.342 e. The summed E-state index contributed by atoms with van der Waals surface area (Å²) in [5, 5.41) is 2.96. The number of nitrogens with zero attached hydrogens (tertiary/aromatic N) is 1. The number of anilines is 1. The molecule has 0 aliphatic rings. The van der Waals surface area contributed by atoms with Crippen molar-refractivity contribution in [2.45, 2.75) is 46.0 Å². The van der Waals surface area contributed by atoms with E-state index in [2.05, 4.69) is 48.2 Å². The Morgan fingerprint density at radius 2 is 1.84 bits per heavy atom. The van der Waals surface area contributed by atoms with Crippen molar-refractivity contribution < 1.29 is 4.79 Å². The fourth-order valence-corrected chi connectivity index (χ4v) is 2.81. The fourth-order valence-electron chi connectivity index (χ4n) is 2.81. The minimum absolute atomic E-state index is 0.0387. The van der Waals surface area contributed by atoms with E-state index >= 15 is 0 Å². The van der Waals surface area contributed by atoms with Crippen LogP contribution in [0.2, 0.25) is 0 Å². The number of imidazole rings is 1. The molecule has 2 N–H and O–H groups in total. The molecule has 130 valence electrons. The highest BCUT2D eigenvalue weighted by atomic mass is 16.1. The first kappa shape index (κ1) is 17.2. The van der Waals surface area contributed by atoms with Gasteiger partial charge in [0.05, 0.1) is 11.0 Å². The topological polar surface area (TPSA) is 57.8 Å². The predicted octanol–water partition coefficient (Wildman–Crippen LogP) is 4.82. The highest BCUT2D eigenvalue weighted by molar-refractivity contribution is 5.90. The van der Waals surface area contributed by atoms with Crippen LogP contribution in [0.4, 0.5) is 5.69 Å². The average Bonchev–Trinajstić information content (AvgIpc) is 3.04. The number of carbonyl (C=O) groups is 1. The average molecular weight is 335 g/mol. The number of hydrogen-bond acceptors (Lipinski definition) is 2. The van der Waals surface area contributed by atoms with Crippen molar-refractivity contribution in [3.05, 3.63) is 59.4 Å². The second-order valence-corrected chi connectivity index (χ2v) is 6.73. The quantitative estimate of drug-likeness (QED) is 0.678. The zero-order valence-electron chi connectivity index (χ0n) is 15.1. The van der Waals surface area contributed by atoms with E-state index in [0.29, 0.717) is 18.8 Å². The molecule has 0 saturated heterocycles. The molecule has 4 heteroatoms. The maximum atomic E-state index is 12.2. The maximum Gasteiger partial charge on any atom is 0.224 e. The van der Waals surface area contributed by atoms with Crippen LogP contribution >= 0.6 is 0 Å². The van der Waals surface area contributed by atoms with Crippen molar-refractivity contribution in [1.29, 1.82) is 0 Å². The number of benzene rings is 2. The van der Waals surface area contributed by atoms with E-state index in [4.69, 9.17) is 0 Å². The minimum Gasteiger partial charge on any atom is -0.342 e. The van der Waals surface area contributed by atoms with E-state index < -0.39 is 0 Å². The lowest BCUT2D eigenvalue weighted by Crippen LogP contribution is -2.12. The standard InChI is InChI=1S/C21H25N3O/c1-4-15-5-9-17(10-6-15)22-20(25)12-8-16-7-11-18-19(13-16)24-21(23-18)14(2)3/h5-7,9-11,13-14H,4,8,12H2,1-3H3,(H,22,25)(H,23,24). The zero-order valence-corrected chi connectivity index (χ0v) is 15.1. The van der Waals surface area contributed by atoms with Crippen LogP contribution in [0.15, 0.2) is 42.5 Å². The molecule has 0 unspecified atom stereocenters. The molecule has 0 atom stereocenters. The van der Waals surface area contributed by atoms with Gasteiger partial charge >= 0.3 is 0 Å². The zero-order chi connectivity index (χ0) is 17.8. The van der Waals surface area contributed by atoms with Crippen LogP contribution < -0.4 is 5.32 Å². The number of H-pyrrole nitrogens is 1. The normalized spacial score (nSPS) is 11.2. The van der Waals surface area contributed by atoms with Crippen molar-refractivity contribution in [2.24, 2.45) is 0 Å². The molecule has 0 saturated carbocycles. The second kappa shape index (κ2) is 7.51. The van der Waals surface area contributed by atoms with Gasteiger partial charge in [-0.25, -0.2) is 4.98 Å². The number of nitrogens with one attached hydrogen (secondary N) is 2. The van der Waals surface area contributed by atoms with E-state index in [0.717, 1.165) is 34.5 Å². The third kappa shape index (κ3) is 4.27. The molecule has 1 amide bonds. The molecule has 4 nitrogen and oxygen atoms in total. The number of hydrogen-bond donors (Lipinski definition) is 2. The summed E-state index contributed by atoms with van der Waals surface area (Å²) in [6.45, 7) is 6.36. The number of aryl methyl sites for hydroxylation is 2. The van der Waals surface area contributed by atoms with Gasteiger partial charge in [-0.05, 0) is 48.2 Å². The van der Waals surface area contributed by atoms with Gasteiger partial charge in [-0.1, -0.05) is 39.0 Å². The van der Waals surface area contributed by atoms with Gasteiger partial charge in [0.15, 0.2) is 0 Å². The molecular formula is C21H25N3O. The highest BCUT2D eigenvalue weighted by Gasteiger charge is 2.08. The van der Waals surface area contributed by atoms with Crippen LogP contribution in [0.5, 0.6) is 0 Å². The Hall–Kier alpha value is -2.62. The van der Waals surface area contributed by atoms with Crippen molar-refractivity contribution >= 4 is 22.6 Å². The monoisotopic (exact) mass is 335 g/mol. The van der Waals surface area contributed by atoms with Crippen LogP contribution in [0.25, 0.3) is 11.0 Å². The Morgan fingerprint density at radius 1 is 1.12 bits per heavy atom. The first-order valence-electron chi connectivity index (χ1n) is 8.92. The van der Waals surface area contributed by atoms with E-state index in [1.807, 2.05) is 30.3 Å². The summed E-state index contributed by atoms with van der Waals surface area (Å²) in [5.74, 6) is 1.41. The lowest BCUT2D eigenvalue weighted by Gasteiger charge is -2.06. The van der Waals surface area contributed by atoms with Gasteiger partial charge in [-0.2, -0.15) is 0 Å². The second-order valence-electron chi connectivity index (χ2n) is 6.73. The number of carbonyl (C=O) groups excluding carboxylic acids is 1. The molecule has 0 aliphatic heterocycles. The molecule has 3 rings (SSSR count). The van der Waals surface area contributed by atoms with Crippen molar-refractivity contribution in [2.75, 3.05) is 5.32 Å². The number of amides is 1. The summed E-state index contributed by atoms with van der Waals surface area (Å²) in [6.07, 6.45) is 2.18. The van der Waals surface area contributed by atoms with Crippen LogP contribution in [0, 0.1) is 0 Å². The molecule has 0 aliphatic carbocycles. The highest BCUT2D eigenvalue weighted by Crippen LogP contribution is 2.19. The molecule has 1 aromatic heterocycles. The van der Waals surface area contributed by atoms with E-state index in [1.165, 1.54) is 5.56 Å². The summed E-state index contributed by atoms with van der Waals surface area (Å²) in [4.78, 5) is 20.1. The first-order chi connectivity index (χ1) is 12.0. The van der Waals surface area contributed by atoms with Crippen LogP contribution in [0.3, 0.4) is 0 Å². The third-order valence-corrected chi connectivity index (χ3v) is 4.40. The Labute approximate surface area is 148 Å². The Balaban J connectivity index is 1.60. The molecule has 1 heterocycles. The van der Waals surface area contributed by atoms with Crippen molar-refractivity contribution in [3.63, 3.8) is 0 Å². The van der Waals surface area contributed by atoms with Gasteiger partial charge in [-0.15, -0.1) is 0 Å². The molecule has 2 aromatic carbocycles. The lowest BCUT2D eigenvalue weighted by atomic mass is 10.1. The van der Waals surface area contributed by atoms with Crippen molar-refractivity contribution in [1.82, 2.24) is 9.97 Å². The summed E-state index contributed by atoms with van der Waals surface area (Å²) < 4.78 is 0. The van der Waals surface area contributed by atoms with Gasteiger partial charge in [0, 0.05) is 18.0 Å². The molecule has 25 heavy (non-hydrogen) atoms. The number of fused-ring (bicyclic) bond motifs is 1. The summed E-state index contributed by atoms with van der Waals surface area (Å²) >= 11 is 0. The first-order valence-corrected chi connectivity index (χ1v) is 8.92. The third-order valence-electron chi connectivity index (χ3n) is 4.40. The van der Waals surface area contributed by atoms with Crippen LogP contribution in [0.1, 0.15) is 50.1 Å². The molecule has 0 spiro atoms. The van der Waals surface area contributed by atoms with Gasteiger partial charge in [0.1, 0.15) is 5.82 Å². The summed E-state index contributed by atoms with van der Waals surface area (Å²) in [6, 6.07) is 14.2. The minimum atomic E-state index is 0.0387. The van der Waals surface area contributed by atoms with Crippen LogP contribution in [-0.4, -0.2) is 15.9 Å². The molecule has 0 fully saturated rings. The maximum absolute atomic E-state index is 12.2. The van der Waals surface area contributed by atoms with Gasteiger partial charge in [-0.3, -0.25) is 4.79 Å². The van der Waals surface area contributed by atoms with E-state index in [-0.39, 0.29) is 5.91 Å². The predicted molar refractivity (Wildman–Crippen MR) is 103 cm³/mol. The Kier molecular flexibility index (Phi) is 5.17. The molecule has 0 radical (unpaired) electrons. The Morgan fingerprint density at radius 3 is 2.52 bits per heavy atom. The Bertz CT molecular complexity index is 862.